The summed E-state index contributed by atoms with van der Waals surface area (Å²) >= 11 is 6.04. The number of aryl methyl sites for hydroxylation is 1. The molecule has 0 saturated heterocycles. The van der Waals surface area contributed by atoms with Gasteiger partial charge in [-0.3, -0.25) is 9.67 Å². The maximum absolute atomic E-state index is 6.12. The van der Waals surface area contributed by atoms with Crippen LogP contribution in [0.5, 0.6) is 0 Å². The van der Waals surface area contributed by atoms with Gasteiger partial charge in [0.25, 0.3) is 0 Å². The summed E-state index contributed by atoms with van der Waals surface area (Å²) in [5, 5.41) is 4.77. The lowest BCUT2D eigenvalue weighted by Gasteiger charge is -2.10. The fraction of sp³-hybridized carbons (Fsp3) is 0.273. The van der Waals surface area contributed by atoms with E-state index in [2.05, 4.69) is 10.1 Å². The molecule has 0 aliphatic heterocycles. The molecule has 2 aromatic rings. The third kappa shape index (κ3) is 2.08. The number of hydrogen-bond acceptors (Lipinski definition) is 3. The highest BCUT2D eigenvalue weighted by atomic mass is 35.5. The molecule has 0 bridgehead atoms. The molecule has 0 aromatic carbocycles. The molecule has 0 aliphatic carbocycles. The molecule has 84 valence electrons. The van der Waals surface area contributed by atoms with E-state index in [1.807, 2.05) is 23.9 Å². The zero-order chi connectivity index (χ0) is 11.5. The number of nitrogens with zero attached hydrogens (tertiary/aromatic N) is 3. The summed E-state index contributed by atoms with van der Waals surface area (Å²) in [5.41, 5.74) is 7.94. The Kier molecular flexibility index (Phi) is 3.22. The lowest BCUT2D eigenvalue weighted by molar-refractivity contribution is 0.658. The maximum atomic E-state index is 6.12. The topological polar surface area (TPSA) is 56.7 Å². The summed E-state index contributed by atoms with van der Waals surface area (Å²) in [6.07, 6.45) is 6.98. The van der Waals surface area contributed by atoms with Gasteiger partial charge in [-0.25, -0.2) is 0 Å². The second-order valence-electron chi connectivity index (χ2n) is 3.50. The van der Waals surface area contributed by atoms with Crippen molar-refractivity contribution in [3.63, 3.8) is 0 Å². The Labute approximate surface area is 99.1 Å². The van der Waals surface area contributed by atoms with Crippen LogP contribution < -0.4 is 5.73 Å². The van der Waals surface area contributed by atoms with Gasteiger partial charge in [-0.1, -0.05) is 11.6 Å². The molecule has 0 amide bonds. The van der Waals surface area contributed by atoms with Crippen molar-refractivity contribution in [1.82, 2.24) is 14.8 Å². The van der Waals surface area contributed by atoms with Gasteiger partial charge in [0.05, 0.1) is 17.3 Å². The molecule has 2 aromatic heterocycles. The van der Waals surface area contributed by atoms with Gasteiger partial charge in [0, 0.05) is 30.7 Å². The summed E-state index contributed by atoms with van der Waals surface area (Å²) < 4.78 is 1.84. The van der Waals surface area contributed by atoms with Crippen molar-refractivity contribution in [2.75, 3.05) is 0 Å². The van der Waals surface area contributed by atoms with Gasteiger partial charge in [-0.2, -0.15) is 5.10 Å². The minimum absolute atomic E-state index is 0.254. The Morgan fingerprint density at radius 3 is 2.94 bits per heavy atom. The fourth-order valence-corrected chi connectivity index (χ4v) is 1.77. The van der Waals surface area contributed by atoms with Crippen molar-refractivity contribution in [2.24, 2.45) is 5.73 Å². The van der Waals surface area contributed by atoms with E-state index in [0.717, 1.165) is 17.7 Å². The van der Waals surface area contributed by atoms with Crippen molar-refractivity contribution < 1.29 is 0 Å². The van der Waals surface area contributed by atoms with E-state index in [1.165, 1.54) is 0 Å². The largest absolute Gasteiger partial charge is 0.320 e. The van der Waals surface area contributed by atoms with E-state index in [-0.39, 0.29) is 6.04 Å². The SMILES string of the molecule is CCn1cc(C(N)c2ccncc2Cl)cn1. The Morgan fingerprint density at radius 1 is 1.50 bits per heavy atom. The Bertz CT molecular complexity index is 480. The molecule has 0 spiro atoms. The highest BCUT2D eigenvalue weighted by Gasteiger charge is 2.13. The predicted molar refractivity (Wildman–Crippen MR) is 63.2 cm³/mol. The monoisotopic (exact) mass is 236 g/mol. The Hall–Kier alpha value is -1.39. The normalized spacial score (nSPS) is 12.7. The summed E-state index contributed by atoms with van der Waals surface area (Å²) in [4.78, 5) is 3.93. The van der Waals surface area contributed by atoms with Gasteiger partial charge in [-0.05, 0) is 18.6 Å². The maximum Gasteiger partial charge on any atom is 0.0640 e. The first kappa shape index (κ1) is 11.1. The molecule has 16 heavy (non-hydrogen) atoms. The summed E-state index contributed by atoms with van der Waals surface area (Å²) in [6.45, 7) is 2.86. The van der Waals surface area contributed by atoms with Crippen molar-refractivity contribution in [3.05, 3.63) is 47.0 Å². The van der Waals surface area contributed by atoms with Crippen LogP contribution in [0.1, 0.15) is 24.1 Å². The van der Waals surface area contributed by atoms with Crippen molar-refractivity contribution in [2.45, 2.75) is 19.5 Å². The average Bonchev–Trinajstić information content (AvgIpc) is 2.77. The Balaban J connectivity index is 2.31. The zero-order valence-electron chi connectivity index (χ0n) is 8.97. The zero-order valence-corrected chi connectivity index (χ0v) is 9.72. The van der Waals surface area contributed by atoms with Gasteiger partial charge >= 0.3 is 0 Å². The van der Waals surface area contributed by atoms with E-state index < -0.39 is 0 Å². The van der Waals surface area contributed by atoms with Crippen LogP contribution in [0.4, 0.5) is 0 Å². The van der Waals surface area contributed by atoms with Gasteiger partial charge in [0.1, 0.15) is 0 Å². The molecule has 0 aliphatic rings. The standard InChI is InChI=1S/C11H13ClN4/c1-2-16-7-8(5-15-16)11(13)9-3-4-14-6-10(9)12/h3-7,11H,2,13H2,1H3. The van der Waals surface area contributed by atoms with Crippen LogP contribution in [0.2, 0.25) is 5.02 Å². The first-order valence-corrected chi connectivity index (χ1v) is 5.47. The molecule has 0 radical (unpaired) electrons. The van der Waals surface area contributed by atoms with Gasteiger partial charge in [-0.15, -0.1) is 0 Å². The number of rotatable bonds is 3. The lowest BCUT2D eigenvalue weighted by atomic mass is 10.0. The predicted octanol–water partition coefficient (Wildman–Crippen LogP) is 2.00. The number of pyridine rings is 1. The minimum Gasteiger partial charge on any atom is -0.320 e. The number of aromatic nitrogens is 3. The van der Waals surface area contributed by atoms with E-state index in [9.17, 15) is 0 Å². The van der Waals surface area contributed by atoms with Crippen LogP contribution in [-0.4, -0.2) is 14.8 Å². The molecule has 4 nitrogen and oxygen atoms in total. The third-order valence-corrected chi connectivity index (χ3v) is 2.79. The quantitative estimate of drug-likeness (QED) is 0.887. The molecule has 5 heteroatoms. The van der Waals surface area contributed by atoms with Gasteiger partial charge in [0.15, 0.2) is 0 Å². The smallest absolute Gasteiger partial charge is 0.0640 e. The van der Waals surface area contributed by atoms with E-state index in [0.29, 0.717) is 5.02 Å². The van der Waals surface area contributed by atoms with Crippen molar-refractivity contribution in [3.8, 4) is 0 Å². The second-order valence-corrected chi connectivity index (χ2v) is 3.91. The molecule has 2 heterocycles. The molecule has 0 fully saturated rings. The summed E-state index contributed by atoms with van der Waals surface area (Å²) in [5.74, 6) is 0. The van der Waals surface area contributed by atoms with Crippen LogP contribution in [0.15, 0.2) is 30.9 Å². The molecule has 2 N–H and O–H groups in total. The first-order chi connectivity index (χ1) is 7.72. The van der Waals surface area contributed by atoms with Crippen LogP contribution in [0.25, 0.3) is 0 Å². The van der Waals surface area contributed by atoms with E-state index >= 15 is 0 Å². The highest BCUT2D eigenvalue weighted by Crippen LogP contribution is 2.24. The minimum atomic E-state index is -0.254. The summed E-state index contributed by atoms with van der Waals surface area (Å²) in [7, 11) is 0. The van der Waals surface area contributed by atoms with Crippen molar-refractivity contribution >= 4 is 11.6 Å². The molecule has 0 saturated carbocycles. The van der Waals surface area contributed by atoms with E-state index in [1.54, 1.807) is 18.6 Å². The number of nitrogens with two attached hydrogens (primary N) is 1. The van der Waals surface area contributed by atoms with Gasteiger partial charge in [0.2, 0.25) is 0 Å². The third-order valence-electron chi connectivity index (χ3n) is 2.48. The average molecular weight is 237 g/mol. The lowest BCUT2D eigenvalue weighted by Crippen LogP contribution is -2.11. The molecule has 1 atom stereocenters. The fourth-order valence-electron chi connectivity index (χ4n) is 1.53. The Morgan fingerprint density at radius 2 is 2.31 bits per heavy atom. The van der Waals surface area contributed by atoms with Crippen LogP contribution in [0.3, 0.4) is 0 Å². The number of halogens is 1. The van der Waals surface area contributed by atoms with Crippen LogP contribution in [0, 0.1) is 0 Å². The van der Waals surface area contributed by atoms with Gasteiger partial charge < -0.3 is 5.73 Å². The molecule has 2 rings (SSSR count). The van der Waals surface area contributed by atoms with E-state index in [4.69, 9.17) is 17.3 Å². The van der Waals surface area contributed by atoms with Crippen LogP contribution in [-0.2, 0) is 6.54 Å². The molecular formula is C11H13ClN4. The summed E-state index contributed by atoms with van der Waals surface area (Å²) in [6, 6.07) is 1.58. The number of hydrogen-bond donors (Lipinski definition) is 1. The molecular weight excluding hydrogens is 224 g/mol. The highest BCUT2D eigenvalue weighted by molar-refractivity contribution is 6.31. The second kappa shape index (κ2) is 4.63. The van der Waals surface area contributed by atoms with Crippen LogP contribution >= 0.6 is 11.6 Å². The van der Waals surface area contributed by atoms with Crippen molar-refractivity contribution in [1.29, 1.82) is 0 Å². The first-order valence-electron chi connectivity index (χ1n) is 5.09. The molecule has 1 unspecified atom stereocenters.